The van der Waals surface area contributed by atoms with Gasteiger partial charge in [-0.2, -0.15) is 0 Å². The van der Waals surface area contributed by atoms with Gasteiger partial charge < -0.3 is 4.98 Å². The summed E-state index contributed by atoms with van der Waals surface area (Å²) in [5, 5.41) is 1.15. The molecule has 3 aromatic rings. The quantitative estimate of drug-likeness (QED) is 0.479. The number of H-pyrrole nitrogens is 1. The van der Waals surface area contributed by atoms with Crippen LogP contribution in [0.15, 0.2) is 36.4 Å². The summed E-state index contributed by atoms with van der Waals surface area (Å²) in [5.74, 6) is -1.17. The molecule has 0 atom stereocenters. The molecule has 0 fully saturated rings. The van der Waals surface area contributed by atoms with Crippen LogP contribution in [0.5, 0.6) is 0 Å². The highest BCUT2D eigenvalue weighted by atomic mass is 35.5. The summed E-state index contributed by atoms with van der Waals surface area (Å²) < 4.78 is 23.1. The Morgan fingerprint density at radius 1 is 1.08 bits per heavy atom. The van der Waals surface area contributed by atoms with Crippen molar-refractivity contribution in [3.05, 3.63) is 57.2 Å². The Hall–Kier alpha value is -1.53. The van der Waals surface area contributed by atoms with Crippen molar-refractivity contribution >= 4 is 61.3 Å². The molecule has 1 aromatic heterocycles. The topological polar surface area (TPSA) is 67.0 Å². The largest absolute Gasteiger partial charge is 0.351 e. The first-order chi connectivity index (χ1) is 11.7. The third kappa shape index (κ3) is 3.55. The highest BCUT2D eigenvalue weighted by molar-refractivity contribution is 7.91. The van der Waals surface area contributed by atoms with Crippen molar-refractivity contribution in [2.24, 2.45) is 0 Å². The first kappa shape index (κ1) is 18.3. The van der Waals surface area contributed by atoms with E-state index in [0.717, 1.165) is 6.26 Å². The maximum Gasteiger partial charge on any atom is 0.194 e. The molecule has 0 saturated carbocycles. The molecule has 25 heavy (non-hydrogen) atoms. The van der Waals surface area contributed by atoms with E-state index in [1.165, 1.54) is 0 Å². The zero-order valence-corrected chi connectivity index (χ0v) is 16.0. The number of aromatic amines is 1. The zero-order valence-electron chi connectivity index (χ0n) is 12.9. The molecule has 0 aliphatic rings. The van der Waals surface area contributed by atoms with Gasteiger partial charge in [0.15, 0.2) is 15.6 Å². The lowest BCUT2D eigenvalue weighted by Gasteiger charge is -2.06. The van der Waals surface area contributed by atoms with Gasteiger partial charge in [0.2, 0.25) is 0 Å². The third-order valence-corrected chi connectivity index (χ3v) is 5.71. The number of fused-ring (bicyclic) bond motifs is 1. The second-order valence-electron chi connectivity index (χ2n) is 5.64. The molecule has 8 heteroatoms. The summed E-state index contributed by atoms with van der Waals surface area (Å²) in [6.45, 7) is 0. The van der Waals surface area contributed by atoms with Crippen LogP contribution in [0.25, 0.3) is 22.0 Å². The minimum absolute atomic E-state index is 0.159. The number of rotatable bonds is 4. The minimum atomic E-state index is -3.49. The van der Waals surface area contributed by atoms with Gasteiger partial charge in [-0.1, -0.05) is 65.1 Å². The average Bonchev–Trinajstić information content (AvgIpc) is 2.91. The predicted molar refractivity (Wildman–Crippen MR) is 103 cm³/mol. The van der Waals surface area contributed by atoms with Gasteiger partial charge in [-0.25, -0.2) is 8.42 Å². The van der Waals surface area contributed by atoms with Gasteiger partial charge in [0, 0.05) is 22.7 Å². The minimum Gasteiger partial charge on any atom is -0.351 e. The molecular weight excluding hydrogens is 405 g/mol. The predicted octanol–water partition coefficient (Wildman–Crippen LogP) is 5.02. The average molecular weight is 417 g/mol. The Kier molecular flexibility index (Phi) is 4.86. The van der Waals surface area contributed by atoms with Crippen LogP contribution >= 0.6 is 34.8 Å². The fraction of sp³-hybridized carbons (Fsp3) is 0.118. The second-order valence-corrected chi connectivity index (χ2v) is 8.95. The van der Waals surface area contributed by atoms with Gasteiger partial charge in [0.1, 0.15) is 5.75 Å². The molecule has 0 bridgehead atoms. The molecule has 130 valence electrons. The zero-order chi connectivity index (χ0) is 18.4. The number of ketones is 1. The van der Waals surface area contributed by atoms with E-state index >= 15 is 0 Å². The van der Waals surface area contributed by atoms with Gasteiger partial charge in [-0.3, -0.25) is 4.79 Å². The van der Waals surface area contributed by atoms with Gasteiger partial charge in [0.25, 0.3) is 0 Å². The summed E-state index contributed by atoms with van der Waals surface area (Å²) in [6.07, 6.45) is 1.01. The molecule has 0 amide bonds. The first-order valence-corrected chi connectivity index (χ1v) is 10.3. The summed E-state index contributed by atoms with van der Waals surface area (Å²) >= 11 is 18.6. The van der Waals surface area contributed by atoms with Crippen molar-refractivity contribution in [3.63, 3.8) is 0 Å². The number of hydrogen-bond donors (Lipinski definition) is 1. The number of carbonyl (C=O) groups excluding carboxylic acids is 1. The SMILES string of the molecule is CS(=O)(=O)CC(=O)c1[nH]c2cc(Cl)c(Cl)c(Cl)c2c1-c1ccccc1. The molecule has 4 nitrogen and oxygen atoms in total. The van der Waals surface area contributed by atoms with Crippen LogP contribution in [0, 0.1) is 0 Å². The molecule has 2 aromatic carbocycles. The van der Waals surface area contributed by atoms with E-state index in [0.29, 0.717) is 22.0 Å². The standard InChI is InChI=1S/C17H12Cl3NO3S/c1-25(23,24)8-12(22)17-13(9-5-3-2-4-6-9)14-11(21-17)7-10(18)15(19)16(14)20/h2-7,21H,8H2,1H3. The highest BCUT2D eigenvalue weighted by Crippen LogP contribution is 2.43. The molecule has 0 radical (unpaired) electrons. The summed E-state index contributed by atoms with van der Waals surface area (Å²) in [4.78, 5) is 15.5. The van der Waals surface area contributed by atoms with E-state index in [2.05, 4.69) is 4.98 Å². The number of sulfone groups is 1. The van der Waals surface area contributed by atoms with E-state index in [1.54, 1.807) is 18.2 Å². The molecule has 0 aliphatic carbocycles. The lowest BCUT2D eigenvalue weighted by molar-refractivity contribution is 0.101. The molecule has 1 N–H and O–H groups in total. The van der Waals surface area contributed by atoms with Gasteiger partial charge in [0.05, 0.1) is 20.8 Å². The fourth-order valence-electron chi connectivity index (χ4n) is 2.67. The van der Waals surface area contributed by atoms with Gasteiger partial charge >= 0.3 is 0 Å². The number of halogens is 3. The summed E-state index contributed by atoms with van der Waals surface area (Å²) in [7, 11) is -3.49. The number of carbonyl (C=O) groups is 1. The number of Topliss-reactive ketones (excluding diaryl/α,β-unsaturated/α-hetero) is 1. The van der Waals surface area contributed by atoms with Crippen molar-refractivity contribution in [2.45, 2.75) is 0 Å². The molecule has 0 unspecified atom stereocenters. The van der Waals surface area contributed by atoms with Crippen LogP contribution in [0.1, 0.15) is 10.5 Å². The molecule has 0 spiro atoms. The maximum absolute atomic E-state index is 12.6. The third-order valence-electron chi connectivity index (χ3n) is 3.66. The molecule has 0 saturated heterocycles. The van der Waals surface area contributed by atoms with Crippen molar-refractivity contribution in [2.75, 3.05) is 12.0 Å². The Labute approximate surface area is 159 Å². The maximum atomic E-state index is 12.6. The lowest BCUT2D eigenvalue weighted by Crippen LogP contribution is -2.15. The van der Waals surface area contributed by atoms with Crippen LogP contribution in [0.4, 0.5) is 0 Å². The van der Waals surface area contributed by atoms with Crippen molar-refractivity contribution in [1.82, 2.24) is 4.98 Å². The van der Waals surface area contributed by atoms with Crippen LogP contribution in [-0.2, 0) is 9.84 Å². The van der Waals surface area contributed by atoms with Gasteiger partial charge in [-0.15, -0.1) is 0 Å². The smallest absolute Gasteiger partial charge is 0.194 e. The van der Waals surface area contributed by atoms with E-state index < -0.39 is 21.4 Å². The van der Waals surface area contributed by atoms with Crippen LogP contribution < -0.4 is 0 Å². The number of nitrogens with one attached hydrogen (secondary N) is 1. The Morgan fingerprint density at radius 3 is 2.32 bits per heavy atom. The Bertz CT molecular complexity index is 1090. The van der Waals surface area contributed by atoms with Crippen LogP contribution in [-0.4, -0.2) is 31.2 Å². The van der Waals surface area contributed by atoms with Gasteiger partial charge in [-0.05, 0) is 11.6 Å². The molecule has 0 aliphatic heterocycles. The van der Waals surface area contributed by atoms with E-state index in [-0.39, 0.29) is 20.8 Å². The Morgan fingerprint density at radius 2 is 1.72 bits per heavy atom. The van der Waals surface area contributed by atoms with E-state index in [9.17, 15) is 13.2 Å². The first-order valence-electron chi connectivity index (χ1n) is 7.14. The monoisotopic (exact) mass is 415 g/mol. The van der Waals surface area contributed by atoms with Crippen molar-refractivity contribution in [1.29, 1.82) is 0 Å². The molecule has 1 heterocycles. The summed E-state index contributed by atoms with van der Waals surface area (Å²) in [5.41, 5.74) is 1.89. The number of aromatic nitrogens is 1. The van der Waals surface area contributed by atoms with Crippen molar-refractivity contribution in [3.8, 4) is 11.1 Å². The molecular formula is C17H12Cl3NO3S. The van der Waals surface area contributed by atoms with Crippen LogP contribution in [0.2, 0.25) is 15.1 Å². The van der Waals surface area contributed by atoms with E-state index in [1.807, 2.05) is 18.2 Å². The number of benzene rings is 2. The Balaban J connectivity index is 2.37. The normalized spacial score (nSPS) is 11.8. The number of hydrogen-bond acceptors (Lipinski definition) is 3. The second kappa shape index (κ2) is 6.65. The molecule has 3 rings (SSSR count). The lowest BCUT2D eigenvalue weighted by atomic mass is 10.0. The fourth-order valence-corrected chi connectivity index (χ4v) is 3.99. The van der Waals surface area contributed by atoms with E-state index in [4.69, 9.17) is 34.8 Å². The van der Waals surface area contributed by atoms with Crippen molar-refractivity contribution < 1.29 is 13.2 Å². The summed E-state index contributed by atoms with van der Waals surface area (Å²) in [6, 6.07) is 10.6. The highest BCUT2D eigenvalue weighted by Gasteiger charge is 2.25. The van der Waals surface area contributed by atoms with Crippen LogP contribution in [0.3, 0.4) is 0 Å².